The second-order valence-corrected chi connectivity index (χ2v) is 4.61. The highest BCUT2D eigenvalue weighted by Gasteiger charge is 2.16. The molecule has 0 aliphatic carbocycles. The van der Waals surface area contributed by atoms with Gasteiger partial charge in [-0.25, -0.2) is 14.2 Å². The van der Waals surface area contributed by atoms with E-state index in [1.54, 1.807) is 0 Å². The topological polar surface area (TPSA) is 62.2 Å². The van der Waals surface area contributed by atoms with E-state index in [2.05, 4.69) is 10.3 Å². The monoisotopic (exact) mass is 288 g/mol. The van der Waals surface area contributed by atoms with Gasteiger partial charge in [0.25, 0.3) is 0 Å². The van der Waals surface area contributed by atoms with Gasteiger partial charge in [-0.05, 0) is 30.0 Å². The molecule has 21 heavy (non-hydrogen) atoms. The van der Waals surface area contributed by atoms with Gasteiger partial charge in [0.2, 0.25) is 0 Å². The molecule has 0 aliphatic heterocycles. The molecule has 2 rings (SSSR count). The molecule has 1 heterocycles. The second kappa shape index (κ2) is 6.35. The summed E-state index contributed by atoms with van der Waals surface area (Å²) in [6.45, 7) is 4.02. The van der Waals surface area contributed by atoms with Crippen LogP contribution in [0.25, 0.3) is 0 Å². The van der Waals surface area contributed by atoms with Crippen molar-refractivity contribution < 1.29 is 14.3 Å². The van der Waals surface area contributed by atoms with Crippen molar-refractivity contribution in [2.24, 2.45) is 0 Å². The van der Waals surface area contributed by atoms with Crippen LogP contribution >= 0.6 is 0 Å². The zero-order chi connectivity index (χ0) is 15.4. The van der Waals surface area contributed by atoms with Crippen LogP contribution < -0.4 is 5.32 Å². The Bertz CT molecular complexity index is 649. The van der Waals surface area contributed by atoms with E-state index in [1.807, 2.05) is 32.0 Å². The third-order valence-corrected chi connectivity index (χ3v) is 3.36. The lowest BCUT2D eigenvalue weighted by atomic mass is 10.0. The number of aromatic nitrogens is 1. The lowest BCUT2D eigenvalue weighted by Crippen LogP contribution is -2.07. The average molecular weight is 288 g/mol. The molecule has 0 spiro atoms. The smallest absolute Gasteiger partial charge is 0.338 e. The number of nitrogens with one attached hydrogen (secondary N) is 1. The third kappa shape index (κ3) is 3.02. The van der Waals surface area contributed by atoms with Gasteiger partial charge in [0, 0.05) is 11.9 Å². The predicted molar refractivity (Wildman–Crippen MR) is 79.6 cm³/mol. The van der Waals surface area contributed by atoms with Gasteiger partial charge < -0.3 is 10.4 Å². The normalized spacial score (nSPS) is 10.4. The molecule has 0 fully saturated rings. The molecule has 0 atom stereocenters. The largest absolute Gasteiger partial charge is 0.478 e. The molecule has 1 aromatic carbocycles. The number of aromatic carboxylic acids is 1. The fourth-order valence-electron chi connectivity index (χ4n) is 2.22. The lowest BCUT2D eigenvalue weighted by molar-refractivity contribution is 0.0692. The number of carboxylic acids is 1. The van der Waals surface area contributed by atoms with Gasteiger partial charge in [-0.2, -0.15) is 0 Å². The number of carboxylic acid groups (broad SMARTS) is 1. The first kappa shape index (κ1) is 15.0. The van der Waals surface area contributed by atoms with Crippen LogP contribution in [0.5, 0.6) is 0 Å². The first-order valence-corrected chi connectivity index (χ1v) is 6.84. The fourth-order valence-corrected chi connectivity index (χ4v) is 2.22. The molecule has 0 radical (unpaired) electrons. The summed E-state index contributed by atoms with van der Waals surface area (Å²) < 4.78 is 14.2. The molecule has 2 N–H and O–H groups in total. The Morgan fingerprint density at radius 2 is 1.86 bits per heavy atom. The highest BCUT2D eigenvalue weighted by atomic mass is 19.1. The van der Waals surface area contributed by atoms with E-state index in [0.717, 1.165) is 35.7 Å². The van der Waals surface area contributed by atoms with Crippen LogP contribution in [0.1, 0.15) is 35.3 Å². The Balaban J connectivity index is 2.48. The Kier molecular flexibility index (Phi) is 4.52. The molecule has 0 amide bonds. The second-order valence-electron chi connectivity index (χ2n) is 4.61. The van der Waals surface area contributed by atoms with Crippen molar-refractivity contribution in [1.29, 1.82) is 0 Å². The van der Waals surface area contributed by atoms with Gasteiger partial charge >= 0.3 is 5.97 Å². The summed E-state index contributed by atoms with van der Waals surface area (Å²) >= 11 is 0. The maximum absolute atomic E-state index is 14.2. The number of para-hydroxylation sites is 1. The number of carbonyl (C=O) groups is 1. The van der Waals surface area contributed by atoms with Crippen LogP contribution in [0.3, 0.4) is 0 Å². The minimum absolute atomic E-state index is 0.0644. The van der Waals surface area contributed by atoms with Gasteiger partial charge in [-0.1, -0.05) is 32.0 Å². The van der Waals surface area contributed by atoms with E-state index in [1.165, 1.54) is 6.20 Å². The van der Waals surface area contributed by atoms with E-state index >= 15 is 0 Å². The molecule has 1 aromatic heterocycles. The molecule has 0 bridgehead atoms. The predicted octanol–water partition coefficient (Wildman–Crippen LogP) is 3.79. The summed E-state index contributed by atoms with van der Waals surface area (Å²) in [6, 6.07) is 7.02. The number of hydrogen-bond donors (Lipinski definition) is 2. The molecule has 0 aliphatic rings. The van der Waals surface area contributed by atoms with Crippen molar-refractivity contribution in [1.82, 2.24) is 4.98 Å². The Morgan fingerprint density at radius 3 is 2.38 bits per heavy atom. The standard InChI is InChI=1S/C16H17FN2O2/c1-3-10-6-5-7-11(4-2)14(10)19-15-13(17)12(16(20)21)8-9-18-15/h5-9H,3-4H2,1-2H3,(H,18,19)(H,20,21). The van der Waals surface area contributed by atoms with Crippen molar-refractivity contribution in [2.75, 3.05) is 5.32 Å². The van der Waals surface area contributed by atoms with Crippen molar-refractivity contribution >= 4 is 17.5 Å². The minimum Gasteiger partial charge on any atom is -0.478 e. The Labute approximate surface area is 122 Å². The van der Waals surface area contributed by atoms with E-state index in [4.69, 9.17) is 5.11 Å². The Morgan fingerprint density at radius 1 is 1.24 bits per heavy atom. The zero-order valence-electron chi connectivity index (χ0n) is 12.0. The van der Waals surface area contributed by atoms with Crippen LogP contribution in [0.4, 0.5) is 15.9 Å². The van der Waals surface area contributed by atoms with Crippen molar-refractivity contribution in [3.05, 3.63) is 53.0 Å². The molecule has 0 unspecified atom stereocenters. The van der Waals surface area contributed by atoms with Gasteiger partial charge in [0.05, 0.1) is 0 Å². The molecule has 0 saturated heterocycles. The highest BCUT2D eigenvalue weighted by Crippen LogP contribution is 2.27. The zero-order valence-corrected chi connectivity index (χ0v) is 12.0. The number of pyridine rings is 1. The fraction of sp³-hybridized carbons (Fsp3) is 0.250. The molecule has 0 saturated carbocycles. The molecule has 110 valence electrons. The first-order chi connectivity index (χ1) is 10.1. The minimum atomic E-state index is -1.31. The number of halogens is 1. The quantitative estimate of drug-likeness (QED) is 0.878. The van der Waals surface area contributed by atoms with Gasteiger partial charge in [-0.15, -0.1) is 0 Å². The van der Waals surface area contributed by atoms with Crippen molar-refractivity contribution in [3.63, 3.8) is 0 Å². The van der Waals surface area contributed by atoms with E-state index in [9.17, 15) is 9.18 Å². The van der Waals surface area contributed by atoms with E-state index in [0.29, 0.717) is 0 Å². The number of anilines is 2. The maximum atomic E-state index is 14.2. The molecular formula is C16H17FN2O2. The number of hydrogen-bond acceptors (Lipinski definition) is 3. The summed E-state index contributed by atoms with van der Waals surface area (Å²) in [5, 5.41) is 11.9. The molecular weight excluding hydrogens is 271 g/mol. The summed E-state index contributed by atoms with van der Waals surface area (Å²) in [5.41, 5.74) is 2.49. The highest BCUT2D eigenvalue weighted by molar-refractivity contribution is 5.89. The van der Waals surface area contributed by atoms with Gasteiger partial charge in [0.15, 0.2) is 11.6 Å². The van der Waals surface area contributed by atoms with Crippen LogP contribution in [0, 0.1) is 5.82 Å². The summed E-state index contributed by atoms with van der Waals surface area (Å²) in [5.74, 6) is -2.22. The molecule has 4 nitrogen and oxygen atoms in total. The van der Waals surface area contributed by atoms with Crippen LogP contribution in [-0.4, -0.2) is 16.1 Å². The summed E-state index contributed by atoms with van der Waals surface area (Å²) in [7, 11) is 0. The molecule has 2 aromatic rings. The third-order valence-electron chi connectivity index (χ3n) is 3.36. The SMILES string of the molecule is CCc1cccc(CC)c1Nc1nccc(C(=O)O)c1F. The summed E-state index contributed by atoms with van der Waals surface area (Å²) in [6.07, 6.45) is 2.86. The van der Waals surface area contributed by atoms with Crippen LogP contribution in [0.15, 0.2) is 30.5 Å². The van der Waals surface area contributed by atoms with Crippen molar-refractivity contribution in [3.8, 4) is 0 Å². The number of rotatable bonds is 5. The van der Waals surface area contributed by atoms with Gasteiger partial charge in [-0.3, -0.25) is 0 Å². The van der Waals surface area contributed by atoms with Crippen LogP contribution in [-0.2, 0) is 12.8 Å². The number of nitrogens with zero attached hydrogens (tertiary/aromatic N) is 1. The maximum Gasteiger partial charge on any atom is 0.338 e. The Hall–Kier alpha value is -2.43. The number of benzene rings is 1. The van der Waals surface area contributed by atoms with E-state index in [-0.39, 0.29) is 11.4 Å². The number of aryl methyl sites for hydroxylation is 2. The summed E-state index contributed by atoms with van der Waals surface area (Å²) in [4.78, 5) is 14.9. The lowest BCUT2D eigenvalue weighted by Gasteiger charge is -2.15. The van der Waals surface area contributed by atoms with Crippen molar-refractivity contribution in [2.45, 2.75) is 26.7 Å². The van der Waals surface area contributed by atoms with Gasteiger partial charge in [0.1, 0.15) is 5.56 Å². The average Bonchev–Trinajstić information content (AvgIpc) is 2.49. The molecule has 5 heteroatoms. The van der Waals surface area contributed by atoms with E-state index < -0.39 is 11.8 Å². The first-order valence-electron chi connectivity index (χ1n) is 6.84. The van der Waals surface area contributed by atoms with Crippen LogP contribution in [0.2, 0.25) is 0 Å².